The Balaban J connectivity index is 2.21. The summed E-state index contributed by atoms with van der Waals surface area (Å²) < 4.78 is 10.2. The van der Waals surface area contributed by atoms with Gasteiger partial charge in [-0.05, 0) is 44.0 Å². The predicted octanol–water partition coefficient (Wildman–Crippen LogP) is 2.31. The maximum absolute atomic E-state index is 12.7. The molecule has 0 saturated carbocycles. The standard InChI is InChI=1S/C20H28N2O7/c1-20(2,3)29-19(27)22(11-15-9-21(10-15)18(25)26)8-13-5-14(12-23)7-16(6-13)17(24)28-4/h5-7,15,23H,8-12H2,1-4H3,(H,25,26). The van der Waals surface area contributed by atoms with Crippen molar-refractivity contribution in [2.24, 2.45) is 5.92 Å². The lowest BCUT2D eigenvalue weighted by atomic mass is 9.99. The molecule has 0 atom stereocenters. The Bertz CT molecular complexity index is 767. The van der Waals surface area contributed by atoms with Crippen molar-refractivity contribution in [3.8, 4) is 0 Å². The Morgan fingerprint density at radius 2 is 1.79 bits per heavy atom. The third kappa shape index (κ3) is 6.35. The summed E-state index contributed by atoms with van der Waals surface area (Å²) in [6.45, 7) is 6.19. The number of rotatable bonds is 6. The largest absolute Gasteiger partial charge is 0.465 e. The molecule has 2 rings (SSSR count). The van der Waals surface area contributed by atoms with Crippen molar-refractivity contribution < 1.29 is 34.1 Å². The molecule has 29 heavy (non-hydrogen) atoms. The molecule has 2 N–H and O–H groups in total. The first kappa shape index (κ1) is 22.5. The molecule has 1 aliphatic rings. The van der Waals surface area contributed by atoms with Gasteiger partial charge in [-0.15, -0.1) is 0 Å². The average Bonchev–Trinajstić information content (AvgIpc) is 2.60. The number of carbonyl (C=O) groups excluding carboxylic acids is 2. The molecule has 1 aliphatic heterocycles. The van der Waals surface area contributed by atoms with Gasteiger partial charge in [0.1, 0.15) is 5.60 Å². The topological polar surface area (TPSA) is 117 Å². The van der Waals surface area contributed by atoms with E-state index in [4.69, 9.17) is 14.6 Å². The Labute approximate surface area is 169 Å². The molecule has 1 aromatic carbocycles. The van der Waals surface area contributed by atoms with Crippen LogP contribution >= 0.6 is 0 Å². The van der Waals surface area contributed by atoms with E-state index in [0.29, 0.717) is 30.8 Å². The number of likely N-dealkylation sites (tertiary alicyclic amines) is 1. The summed E-state index contributed by atoms with van der Waals surface area (Å²) in [6.07, 6.45) is -1.51. The molecule has 1 aromatic rings. The Kier molecular flexibility index (Phi) is 7.07. The molecule has 0 aliphatic carbocycles. The van der Waals surface area contributed by atoms with Crippen LogP contribution in [0.5, 0.6) is 0 Å². The molecule has 0 unspecified atom stereocenters. The number of benzene rings is 1. The van der Waals surface area contributed by atoms with Crippen LogP contribution in [0.2, 0.25) is 0 Å². The van der Waals surface area contributed by atoms with Gasteiger partial charge in [0.15, 0.2) is 0 Å². The highest BCUT2D eigenvalue weighted by molar-refractivity contribution is 5.89. The highest BCUT2D eigenvalue weighted by Crippen LogP contribution is 2.21. The van der Waals surface area contributed by atoms with Gasteiger partial charge in [-0.25, -0.2) is 14.4 Å². The lowest BCUT2D eigenvalue weighted by Gasteiger charge is -2.40. The second-order valence-corrected chi connectivity index (χ2v) is 8.10. The van der Waals surface area contributed by atoms with E-state index in [1.165, 1.54) is 23.0 Å². The number of carbonyl (C=O) groups is 3. The lowest BCUT2D eigenvalue weighted by molar-refractivity contribution is 0.0101. The minimum Gasteiger partial charge on any atom is -0.465 e. The molecular formula is C20H28N2O7. The molecule has 1 heterocycles. The average molecular weight is 408 g/mol. The molecular weight excluding hydrogens is 380 g/mol. The number of nitrogens with zero attached hydrogens (tertiary/aromatic N) is 2. The summed E-state index contributed by atoms with van der Waals surface area (Å²) in [7, 11) is 1.27. The maximum atomic E-state index is 12.7. The van der Waals surface area contributed by atoms with Crippen molar-refractivity contribution in [1.29, 1.82) is 0 Å². The minimum atomic E-state index is -0.983. The van der Waals surface area contributed by atoms with E-state index in [1.807, 2.05) is 0 Å². The summed E-state index contributed by atoms with van der Waals surface area (Å²) >= 11 is 0. The van der Waals surface area contributed by atoms with Gasteiger partial charge < -0.3 is 29.5 Å². The van der Waals surface area contributed by atoms with Crippen molar-refractivity contribution in [2.45, 2.75) is 39.5 Å². The first-order valence-corrected chi connectivity index (χ1v) is 9.30. The number of aliphatic hydroxyl groups excluding tert-OH is 1. The summed E-state index contributed by atoms with van der Waals surface area (Å²) in [5, 5.41) is 18.5. The highest BCUT2D eigenvalue weighted by atomic mass is 16.6. The third-order valence-electron chi connectivity index (χ3n) is 4.39. The molecule has 0 aromatic heterocycles. The van der Waals surface area contributed by atoms with E-state index < -0.39 is 23.8 Å². The van der Waals surface area contributed by atoms with Crippen LogP contribution in [0.3, 0.4) is 0 Å². The highest BCUT2D eigenvalue weighted by Gasteiger charge is 2.34. The van der Waals surface area contributed by atoms with Gasteiger partial charge in [-0.3, -0.25) is 0 Å². The fraction of sp³-hybridized carbons (Fsp3) is 0.550. The lowest BCUT2D eigenvalue weighted by Crippen LogP contribution is -2.54. The van der Waals surface area contributed by atoms with Gasteiger partial charge in [0.05, 0.1) is 19.3 Å². The second kappa shape index (κ2) is 9.13. The fourth-order valence-corrected chi connectivity index (χ4v) is 3.08. The normalized spacial score (nSPS) is 14.2. The van der Waals surface area contributed by atoms with Crippen LogP contribution < -0.4 is 0 Å². The SMILES string of the molecule is COC(=O)c1cc(CO)cc(CN(CC2CN(C(=O)O)C2)C(=O)OC(C)(C)C)c1. The van der Waals surface area contributed by atoms with Gasteiger partial charge in [0.25, 0.3) is 0 Å². The third-order valence-corrected chi connectivity index (χ3v) is 4.39. The first-order chi connectivity index (χ1) is 13.5. The number of amides is 2. The van der Waals surface area contributed by atoms with Crippen LogP contribution in [0.15, 0.2) is 18.2 Å². The quantitative estimate of drug-likeness (QED) is 0.694. The zero-order valence-electron chi connectivity index (χ0n) is 17.2. The van der Waals surface area contributed by atoms with Gasteiger partial charge >= 0.3 is 18.2 Å². The summed E-state index contributed by atoms with van der Waals surface area (Å²) in [5.74, 6) is -0.541. The Morgan fingerprint density at radius 3 is 2.31 bits per heavy atom. The van der Waals surface area contributed by atoms with E-state index in [9.17, 15) is 19.5 Å². The van der Waals surface area contributed by atoms with Crippen molar-refractivity contribution in [3.63, 3.8) is 0 Å². The van der Waals surface area contributed by atoms with E-state index >= 15 is 0 Å². The van der Waals surface area contributed by atoms with Crippen LogP contribution in [0.1, 0.15) is 42.3 Å². The molecule has 0 spiro atoms. The first-order valence-electron chi connectivity index (χ1n) is 9.30. The second-order valence-electron chi connectivity index (χ2n) is 8.10. The number of hydrogen-bond acceptors (Lipinski definition) is 6. The van der Waals surface area contributed by atoms with E-state index in [2.05, 4.69) is 0 Å². The van der Waals surface area contributed by atoms with Crippen LogP contribution in [-0.4, -0.2) is 70.5 Å². The van der Waals surface area contributed by atoms with Crippen LogP contribution in [0, 0.1) is 5.92 Å². The van der Waals surface area contributed by atoms with Crippen molar-refractivity contribution >= 4 is 18.2 Å². The van der Waals surface area contributed by atoms with Gasteiger partial charge in [0.2, 0.25) is 0 Å². The molecule has 160 valence electrons. The van der Waals surface area contributed by atoms with Crippen molar-refractivity contribution in [2.75, 3.05) is 26.7 Å². The van der Waals surface area contributed by atoms with Crippen molar-refractivity contribution in [1.82, 2.24) is 9.80 Å². The zero-order valence-corrected chi connectivity index (χ0v) is 17.2. The molecule has 9 nitrogen and oxygen atoms in total. The number of methoxy groups -OCH3 is 1. The van der Waals surface area contributed by atoms with Gasteiger partial charge in [-0.1, -0.05) is 6.07 Å². The summed E-state index contributed by atoms with van der Waals surface area (Å²) in [4.78, 5) is 38.4. The number of hydrogen-bond donors (Lipinski definition) is 2. The Morgan fingerprint density at radius 1 is 1.17 bits per heavy atom. The number of carboxylic acid groups (broad SMARTS) is 1. The molecule has 2 amide bonds. The van der Waals surface area contributed by atoms with Crippen LogP contribution in [0.25, 0.3) is 0 Å². The smallest absolute Gasteiger partial charge is 0.410 e. The molecule has 1 saturated heterocycles. The molecule has 0 radical (unpaired) electrons. The van der Waals surface area contributed by atoms with E-state index in [1.54, 1.807) is 32.9 Å². The molecule has 9 heteroatoms. The predicted molar refractivity (Wildman–Crippen MR) is 103 cm³/mol. The Hall–Kier alpha value is -2.81. The zero-order chi connectivity index (χ0) is 21.8. The fourth-order valence-electron chi connectivity index (χ4n) is 3.08. The van der Waals surface area contributed by atoms with Crippen molar-refractivity contribution in [3.05, 3.63) is 34.9 Å². The number of esters is 1. The molecule has 0 bridgehead atoms. The van der Waals surface area contributed by atoms with E-state index in [-0.39, 0.29) is 24.6 Å². The number of ether oxygens (including phenoxy) is 2. The number of aliphatic hydroxyl groups is 1. The van der Waals surface area contributed by atoms with Crippen LogP contribution in [-0.2, 0) is 22.6 Å². The minimum absolute atomic E-state index is 0.000259. The van der Waals surface area contributed by atoms with Crippen LogP contribution in [0.4, 0.5) is 9.59 Å². The maximum Gasteiger partial charge on any atom is 0.410 e. The van der Waals surface area contributed by atoms with Gasteiger partial charge in [-0.2, -0.15) is 0 Å². The summed E-state index contributed by atoms with van der Waals surface area (Å²) in [5.41, 5.74) is 0.746. The summed E-state index contributed by atoms with van der Waals surface area (Å²) in [6, 6.07) is 4.84. The van der Waals surface area contributed by atoms with E-state index in [0.717, 1.165) is 0 Å². The monoisotopic (exact) mass is 408 g/mol. The molecule has 1 fully saturated rings. The van der Waals surface area contributed by atoms with Gasteiger partial charge in [0, 0.05) is 32.1 Å².